The molecule has 2 N–H and O–H groups in total. The third kappa shape index (κ3) is 2.93. The monoisotopic (exact) mass is 316 g/mol. The second-order valence-corrected chi connectivity index (χ2v) is 5.46. The highest BCUT2D eigenvalue weighted by molar-refractivity contribution is 5.89. The molecule has 23 heavy (non-hydrogen) atoms. The van der Waals surface area contributed by atoms with Gasteiger partial charge in [0.05, 0.1) is 22.5 Å². The van der Waals surface area contributed by atoms with Gasteiger partial charge in [-0.05, 0) is 38.1 Å². The molecule has 0 bridgehead atoms. The Hall–Kier alpha value is -2.74. The van der Waals surface area contributed by atoms with Crippen molar-refractivity contribution in [1.82, 2.24) is 15.1 Å². The molecule has 1 saturated heterocycles. The molecule has 0 atom stereocenters. The van der Waals surface area contributed by atoms with Crippen LogP contribution in [0, 0.1) is 10.1 Å². The molecule has 3 rings (SSSR count). The van der Waals surface area contributed by atoms with Crippen LogP contribution in [0.15, 0.2) is 30.5 Å². The summed E-state index contributed by atoms with van der Waals surface area (Å²) in [6.07, 6.45) is 3.01. The van der Waals surface area contributed by atoms with E-state index in [1.807, 2.05) is 0 Å². The van der Waals surface area contributed by atoms with Crippen LogP contribution in [0.25, 0.3) is 5.69 Å². The Kier molecular flexibility index (Phi) is 4.07. The van der Waals surface area contributed by atoms with Crippen molar-refractivity contribution in [2.75, 3.05) is 13.1 Å². The van der Waals surface area contributed by atoms with E-state index in [0.717, 1.165) is 25.9 Å². The van der Waals surface area contributed by atoms with Crippen LogP contribution in [0.3, 0.4) is 0 Å². The summed E-state index contributed by atoms with van der Waals surface area (Å²) in [4.78, 5) is 21.8. The predicted octanol–water partition coefficient (Wildman–Crippen LogP) is 1.95. The van der Waals surface area contributed by atoms with Crippen LogP contribution in [0.2, 0.25) is 0 Å². The van der Waals surface area contributed by atoms with Crippen molar-refractivity contribution in [1.29, 1.82) is 0 Å². The molecular weight excluding hydrogens is 300 g/mol. The molecule has 0 amide bonds. The number of nitrogens with one attached hydrogen (secondary N) is 1. The third-order valence-electron chi connectivity index (χ3n) is 4.07. The van der Waals surface area contributed by atoms with Crippen LogP contribution in [-0.2, 0) is 0 Å². The SMILES string of the molecule is O=C(O)c1cnn(-c2ccc([N+](=O)[O-])cc2)c1C1CCNCC1. The minimum atomic E-state index is -1.01. The highest BCUT2D eigenvalue weighted by Gasteiger charge is 2.26. The molecule has 2 heterocycles. The van der Waals surface area contributed by atoms with Crippen LogP contribution in [0.4, 0.5) is 5.69 Å². The minimum absolute atomic E-state index is 0.0113. The number of piperidine rings is 1. The van der Waals surface area contributed by atoms with Crippen LogP contribution < -0.4 is 5.32 Å². The maximum Gasteiger partial charge on any atom is 0.339 e. The Bertz CT molecular complexity index is 732. The lowest BCUT2D eigenvalue weighted by atomic mass is 9.92. The Morgan fingerprint density at radius 2 is 1.96 bits per heavy atom. The number of aromatic carboxylic acids is 1. The molecule has 1 aromatic heterocycles. The number of benzene rings is 1. The van der Waals surface area contributed by atoms with Gasteiger partial charge in [-0.3, -0.25) is 10.1 Å². The number of carbonyl (C=O) groups is 1. The number of nitro groups is 1. The fourth-order valence-electron chi connectivity index (χ4n) is 2.93. The second-order valence-electron chi connectivity index (χ2n) is 5.46. The maximum absolute atomic E-state index is 11.5. The van der Waals surface area contributed by atoms with Gasteiger partial charge in [0.25, 0.3) is 5.69 Å². The molecule has 1 aliphatic heterocycles. The lowest BCUT2D eigenvalue weighted by Gasteiger charge is -2.24. The van der Waals surface area contributed by atoms with Crippen LogP contribution >= 0.6 is 0 Å². The van der Waals surface area contributed by atoms with Gasteiger partial charge in [0.2, 0.25) is 0 Å². The Morgan fingerprint density at radius 3 is 2.52 bits per heavy atom. The van der Waals surface area contributed by atoms with Gasteiger partial charge in [0, 0.05) is 18.1 Å². The van der Waals surface area contributed by atoms with Crippen LogP contribution in [0.1, 0.15) is 34.8 Å². The smallest absolute Gasteiger partial charge is 0.339 e. The highest BCUT2D eigenvalue weighted by atomic mass is 16.6. The quantitative estimate of drug-likeness (QED) is 0.659. The first kappa shape index (κ1) is 15.2. The number of non-ortho nitro benzene ring substituents is 1. The van der Waals surface area contributed by atoms with Crippen LogP contribution in [-0.4, -0.2) is 38.9 Å². The van der Waals surface area contributed by atoms with Crippen molar-refractivity contribution in [2.24, 2.45) is 0 Å². The zero-order chi connectivity index (χ0) is 16.4. The van der Waals surface area contributed by atoms with Gasteiger partial charge < -0.3 is 10.4 Å². The van der Waals surface area contributed by atoms with E-state index < -0.39 is 10.9 Å². The van der Waals surface area contributed by atoms with Gasteiger partial charge >= 0.3 is 5.97 Å². The molecular formula is C15H16N4O4. The van der Waals surface area contributed by atoms with E-state index in [2.05, 4.69) is 10.4 Å². The summed E-state index contributed by atoms with van der Waals surface area (Å²) in [6.45, 7) is 1.66. The first-order chi connectivity index (χ1) is 11.1. The largest absolute Gasteiger partial charge is 0.478 e. The van der Waals surface area contributed by atoms with E-state index >= 15 is 0 Å². The van der Waals surface area contributed by atoms with Crippen molar-refractivity contribution in [3.63, 3.8) is 0 Å². The zero-order valence-corrected chi connectivity index (χ0v) is 12.3. The van der Waals surface area contributed by atoms with Crippen LogP contribution in [0.5, 0.6) is 0 Å². The van der Waals surface area contributed by atoms with Gasteiger partial charge in [-0.2, -0.15) is 5.10 Å². The van der Waals surface area contributed by atoms with Crippen molar-refractivity contribution >= 4 is 11.7 Å². The summed E-state index contributed by atoms with van der Waals surface area (Å²) in [7, 11) is 0. The highest BCUT2D eigenvalue weighted by Crippen LogP contribution is 2.30. The average molecular weight is 316 g/mol. The minimum Gasteiger partial charge on any atom is -0.478 e. The summed E-state index contributed by atoms with van der Waals surface area (Å²) in [5.41, 5.74) is 1.46. The van der Waals surface area contributed by atoms with E-state index in [1.165, 1.54) is 18.3 Å². The first-order valence-corrected chi connectivity index (χ1v) is 7.34. The summed E-state index contributed by atoms with van der Waals surface area (Å²) >= 11 is 0. The molecule has 0 saturated carbocycles. The Morgan fingerprint density at radius 1 is 1.30 bits per heavy atom. The molecule has 8 nitrogen and oxygen atoms in total. The fraction of sp³-hybridized carbons (Fsp3) is 0.333. The van der Waals surface area contributed by atoms with Gasteiger partial charge in [-0.25, -0.2) is 9.48 Å². The van der Waals surface area contributed by atoms with E-state index in [-0.39, 0.29) is 17.2 Å². The molecule has 1 fully saturated rings. The lowest BCUT2D eigenvalue weighted by molar-refractivity contribution is -0.384. The van der Waals surface area contributed by atoms with E-state index in [1.54, 1.807) is 16.8 Å². The molecule has 120 valence electrons. The maximum atomic E-state index is 11.5. The molecule has 0 unspecified atom stereocenters. The second kappa shape index (κ2) is 6.17. The molecule has 0 aliphatic carbocycles. The number of aromatic nitrogens is 2. The van der Waals surface area contributed by atoms with Crippen molar-refractivity contribution < 1.29 is 14.8 Å². The summed E-state index contributed by atoms with van der Waals surface area (Å²) in [5, 5.41) is 27.6. The standard InChI is InChI=1S/C15H16N4O4/c20-15(21)13-9-17-18(14(13)10-5-7-16-8-6-10)11-1-3-12(4-2-11)19(22)23/h1-4,9-10,16H,5-8H2,(H,20,21). The normalized spacial score (nSPS) is 15.5. The Labute approximate surface area is 131 Å². The molecule has 1 aliphatic rings. The number of carboxylic acid groups (broad SMARTS) is 1. The molecule has 2 aromatic rings. The van der Waals surface area contributed by atoms with Crippen molar-refractivity contribution in [3.8, 4) is 5.69 Å². The zero-order valence-electron chi connectivity index (χ0n) is 12.3. The van der Waals surface area contributed by atoms with Gasteiger partial charge in [-0.1, -0.05) is 0 Å². The van der Waals surface area contributed by atoms with Crippen molar-refractivity contribution in [2.45, 2.75) is 18.8 Å². The van der Waals surface area contributed by atoms with Crippen molar-refractivity contribution in [3.05, 3.63) is 51.8 Å². The lowest BCUT2D eigenvalue weighted by Crippen LogP contribution is -2.28. The topological polar surface area (TPSA) is 110 Å². The predicted molar refractivity (Wildman–Crippen MR) is 82.0 cm³/mol. The molecule has 0 spiro atoms. The number of hydrogen-bond acceptors (Lipinski definition) is 5. The Balaban J connectivity index is 2.04. The number of nitrogens with zero attached hydrogens (tertiary/aromatic N) is 3. The summed E-state index contributed by atoms with van der Waals surface area (Å²) in [5.74, 6) is -0.910. The number of rotatable bonds is 4. The number of nitro benzene ring substituents is 1. The first-order valence-electron chi connectivity index (χ1n) is 7.34. The molecule has 0 radical (unpaired) electrons. The van der Waals surface area contributed by atoms with Gasteiger partial charge in [0.1, 0.15) is 5.56 Å². The van der Waals surface area contributed by atoms with E-state index in [9.17, 15) is 20.0 Å². The van der Waals surface area contributed by atoms with Gasteiger partial charge in [0.15, 0.2) is 0 Å². The van der Waals surface area contributed by atoms with Gasteiger partial charge in [-0.15, -0.1) is 0 Å². The summed E-state index contributed by atoms with van der Waals surface area (Å²) in [6, 6.07) is 5.95. The molecule has 8 heteroatoms. The number of carboxylic acids is 1. The summed E-state index contributed by atoms with van der Waals surface area (Å²) < 4.78 is 1.59. The fourth-order valence-corrected chi connectivity index (χ4v) is 2.93. The third-order valence-corrected chi connectivity index (χ3v) is 4.07. The number of hydrogen-bond donors (Lipinski definition) is 2. The van der Waals surface area contributed by atoms with E-state index in [0.29, 0.717) is 11.4 Å². The molecule has 1 aromatic carbocycles. The average Bonchev–Trinajstić information content (AvgIpc) is 3.01. The van der Waals surface area contributed by atoms with E-state index in [4.69, 9.17) is 0 Å².